The summed E-state index contributed by atoms with van der Waals surface area (Å²) in [5, 5.41) is 12.5. The van der Waals surface area contributed by atoms with Crippen LogP contribution >= 0.6 is 11.3 Å². The first-order valence-corrected chi connectivity index (χ1v) is 5.40. The molecule has 0 fully saturated rings. The fourth-order valence-corrected chi connectivity index (χ4v) is 1.70. The Balaban J connectivity index is 2.50. The van der Waals surface area contributed by atoms with E-state index in [0.29, 0.717) is 10.9 Å². The van der Waals surface area contributed by atoms with Crippen LogP contribution in [0.1, 0.15) is 30.8 Å². The largest absolute Gasteiger partial charge is 0.476 e. The van der Waals surface area contributed by atoms with Crippen LogP contribution in [0.15, 0.2) is 5.51 Å². The minimum Gasteiger partial charge on any atom is -0.476 e. The molecule has 2 N–H and O–H groups in total. The van der Waals surface area contributed by atoms with Crippen LogP contribution in [-0.4, -0.2) is 22.6 Å². The molecule has 0 aromatic carbocycles. The molecule has 5 heteroatoms. The third-order valence-corrected chi connectivity index (χ3v) is 2.56. The molecular formula is C9H14N2O2S. The maximum Gasteiger partial charge on any atom is 0.357 e. The number of rotatable bonds is 5. The quantitative estimate of drug-likeness (QED) is 0.789. The van der Waals surface area contributed by atoms with Crippen LogP contribution in [0.5, 0.6) is 0 Å². The molecule has 0 aliphatic rings. The Kier molecular flexibility index (Phi) is 3.88. The fraction of sp³-hybridized carbons (Fsp3) is 0.556. The highest BCUT2D eigenvalue weighted by atomic mass is 32.1. The third kappa shape index (κ3) is 2.99. The van der Waals surface area contributed by atoms with Gasteiger partial charge >= 0.3 is 5.97 Å². The number of anilines is 1. The van der Waals surface area contributed by atoms with Crippen LogP contribution in [0.4, 0.5) is 5.00 Å². The van der Waals surface area contributed by atoms with Gasteiger partial charge in [-0.1, -0.05) is 13.8 Å². The average Bonchev–Trinajstić information content (AvgIpc) is 2.51. The van der Waals surface area contributed by atoms with E-state index in [2.05, 4.69) is 24.1 Å². The summed E-state index contributed by atoms with van der Waals surface area (Å²) in [6, 6.07) is 0. The van der Waals surface area contributed by atoms with Crippen molar-refractivity contribution in [2.45, 2.75) is 20.3 Å². The van der Waals surface area contributed by atoms with Crippen molar-refractivity contribution >= 4 is 22.3 Å². The first kappa shape index (κ1) is 11.0. The Bertz CT molecular complexity index is 310. The van der Waals surface area contributed by atoms with Gasteiger partial charge in [0.15, 0.2) is 5.69 Å². The molecule has 1 rings (SSSR count). The molecule has 14 heavy (non-hydrogen) atoms. The molecule has 0 bridgehead atoms. The summed E-state index contributed by atoms with van der Waals surface area (Å²) in [5.74, 6) is -0.359. The van der Waals surface area contributed by atoms with Gasteiger partial charge in [-0.2, -0.15) is 0 Å². The molecule has 0 atom stereocenters. The molecule has 0 unspecified atom stereocenters. The van der Waals surface area contributed by atoms with E-state index in [4.69, 9.17) is 5.11 Å². The van der Waals surface area contributed by atoms with Gasteiger partial charge in [0.2, 0.25) is 0 Å². The maximum atomic E-state index is 10.7. The van der Waals surface area contributed by atoms with Crippen molar-refractivity contribution in [3.8, 4) is 0 Å². The Morgan fingerprint density at radius 1 is 1.71 bits per heavy atom. The van der Waals surface area contributed by atoms with Gasteiger partial charge in [-0.05, 0) is 12.3 Å². The summed E-state index contributed by atoms with van der Waals surface area (Å²) in [6.45, 7) is 5.05. The van der Waals surface area contributed by atoms with Gasteiger partial charge in [0, 0.05) is 6.54 Å². The molecule has 0 aliphatic carbocycles. The zero-order valence-corrected chi connectivity index (χ0v) is 9.10. The lowest BCUT2D eigenvalue weighted by atomic mass is 10.1. The molecule has 0 saturated carbocycles. The van der Waals surface area contributed by atoms with Gasteiger partial charge in [0.1, 0.15) is 5.00 Å². The topological polar surface area (TPSA) is 62.2 Å². The van der Waals surface area contributed by atoms with Crippen LogP contribution in [0.3, 0.4) is 0 Å². The smallest absolute Gasteiger partial charge is 0.357 e. The van der Waals surface area contributed by atoms with Gasteiger partial charge in [0.25, 0.3) is 0 Å². The van der Waals surface area contributed by atoms with Gasteiger partial charge in [-0.25, -0.2) is 9.78 Å². The zero-order valence-electron chi connectivity index (χ0n) is 8.28. The summed E-state index contributed by atoms with van der Waals surface area (Å²) in [7, 11) is 0. The molecule has 0 radical (unpaired) electrons. The van der Waals surface area contributed by atoms with Crippen LogP contribution in [-0.2, 0) is 0 Å². The highest BCUT2D eigenvalue weighted by Gasteiger charge is 2.12. The fourth-order valence-electron chi connectivity index (χ4n) is 0.998. The Labute approximate surface area is 87.0 Å². The summed E-state index contributed by atoms with van der Waals surface area (Å²) in [4.78, 5) is 14.5. The number of aromatic nitrogens is 1. The molecule has 1 aromatic rings. The maximum absolute atomic E-state index is 10.7. The van der Waals surface area contributed by atoms with Crippen molar-refractivity contribution in [3.05, 3.63) is 11.2 Å². The minimum atomic E-state index is -0.974. The number of nitrogens with zero attached hydrogens (tertiary/aromatic N) is 1. The number of aromatic carboxylic acids is 1. The van der Waals surface area contributed by atoms with Crippen LogP contribution in [0.25, 0.3) is 0 Å². The monoisotopic (exact) mass is 214 g/mol. The second-order valence-corrected chi connectivity index (χ2v) is 4.30. The van der Waals surface area contributed by atoms with Gasteiger partial charge in [-0.15, -0.1) is 11.3 Å². The molecule has 1 heterocycles. The number of nitrogens with one attached hydrogen (secondary N) is 1. The van der Waals surface area contributed by atoms with Crippen molar-refractivity contribution in [1.29, 1.82) is 0 Å². The molecule has 4 nitrogen and oxygen atoms in total. The standard InChI is InChI=1S/C9H14N2O2S/c1-6(2)3-4-10-8-7(9(12)13)11-5-14-8/h5-6,10H,3-4H2,1-2H3,(H,12,13). The van der Waals surface area contributed by atoms with E-state index < -0.39 is 5.97 Å². The first-order chi connectivity index (χ1) is 6.61. The second kappa shape index (κ2) is 4.95. The van der Waals surface area contributed by atoms with Gasteiger partial charge < -0.3 is 10.4 Å². The number of thiazole rings is 1. The predicted molar refractivity (Wildman–Crippen MR) is 57.0 cm³/mol. The van der Waals surface area contributed by atoms with E-state index in [0.717, 1.165) is 13.0 Å². The molecular weight excluding hydrogens is 200 g/mol. The van der Waals surface area contributed by atoms with Crippen molar-refractivity contribution in [3.63, 3.8) is 0 Å². The SMILES string of the molecule is CC(C)CCNc1scnc1C(=O)O. The van der Waals surface area contributed by atoms with Crippen molar-refractivity contribution < 1.29 is 9.90 Å². The summed E-state index contributed by atoms with van der Waals surface area (Å²) in [5.41, 5.74) is 1.67. The number of carboxylic acids is 1. The zero-order chi connectivity index (χ0) is 10.6. The van der Waals surface area contributed by atoms with Gasteiger partial charge in [0.05, 0.1) is 5.51 Å². The van der Waals surface area contributed by atoms with E-state index in [1.807, 2.05) is 0 Å². The normalized spacial score (nSPS) is 10.5. The molecule has 78 valence electrons. The van der Waals surface area contributed by atoms with Crippen LogP contribution < -0.4 is 5.32 Å². The highest BCUT2D eigenvalue weighted by molar-refractivity contribution is 7.14. The van der Waals surface area contributed by atoms with E-state index in [1.54, 1.807) is 5.51 Å². The van der Waals surface area contributed by atoms with Crippen LogP contribution in [0.2, 0.25) is 0 Å². The Hall–Kier alpha value is -1.10. The van der Waals surface area contributed by atoms with E-state index in [9.17, 15) is 4.79 Å². The Morgan fingerprint density at radius 3 is 3.00 bits per heavy atom. The van der Waals surface area contributed by atoms with Crippen LogP contribution in [0, 0.1) is 5.92 Å². The van der Waals surface area contributed by atoms with E-state index >= 15 is 0 Å². The van der Waals surface area contributed by atoms with E-state index in [-0.39, 0.29) is 5.69 Å². The second-order valence-electron chi connectivity index (χ2n) is 3.44. The molecule has 0 aliphatic heterocycles. The summed E-state index contributed by atoms with van der Waals surface area (Å²) < 4.78 is 0. The first-order valence-electron chi connectivity index (χ1n) is 4.52. The lowest BCUT2D eigenvalue weighted by Crippen LogP contribution is -2.07. The average molecular weight is 214 g/mol. The minimum absolute atomic E-state index is 0.124. The molecule has 0 spiro atoms. The molecule has 1 aromatic heterocycles. The Morgan fingerprint density at radius 2 is 2.43 bits per heavy atom. The molecule has 0 saturated heterocycles. The number of carbonyl (C=O) groups is 1. The lowest BCUT2D eigenvalue weighted by Gasteiger charge is -2.06. The lowest BCUT2D eigenvalue weighted by molar-refractivity contribution is 0.0692. The number of hydrogen-bond acceptors (Lipinski definition) is 4. The van der Waals surface area contributed by atoms with Gasteiger partial charge in [-0.3, -0.25) is 0 Å². The predicted octanol–water partition coefficient (Wildman–Crippen LogP) is 2.30. The number of hydrogen-bond donors (Lipinski definition) is 2. The third-order valence-electron chi connectivity index (χ3n) is 1.78. The number of carboxylic acid groups (broad SMARTS) is 1. The van der Waals surface area contributed by atoms with Crippen molar-refractivity contribution in [2.24, 2.45) is 5.92 Å². The van der Waals surface area contributed by atoms with Crippen molar-refractivity contribution in [1.82, 2.24) is 4.98 Å². The molecule has 0 amide bonds. The summed E-state index contributed by atoms with van der Waals surface area (Å²) in [6.07, 6.45) is 1.02. The van der Waals surface area contributed by atoms with Crippen molar-refractivity contribution in [2.75, 3.05) is 11.9 Å². The summed E-state index contributed by atoms with van der Waals surface area (Å²) >= 11 is 1.33. The van der Waals surface area contributed by atoms with E-state index in [1.165, 1.54) is 11.3 Å². The highest BCUT2D eigenvalue weighted by Crippen LogP contribution is 2.20.